The number of aliphatic hydroxyl groups is 1. The predicted molar refractivity (Wildman–Crippen MR) is 98.9 cm³/mol. The van der Waals surface area contributed by atoms with Crippen LogP contribution in [0.4, 0.5) is 0 Å². The molecular formula is C21H16Cl2O. The van der Waals surface area contributed by atoms with E-state index < -0.39 is 5.60 Å². The Kier molecular flexibility index (Phi) is 3.88. The summed E-state index contributed by atoms with van der Waals surface area (Å²) >= 11 is 12.9. The molecule has 0 saturated carbocycles. The number of hydrogen-bond acceptors (Lipinski definition) is 1. The lowest BCUT2D eigenvalue weighted by Gasteiger charge is -2.37. The minimum Gasteiger partial charge on any atom is -0.380 e. The summed E-state index contributed by atoms with van der Waals surface area (Å²) in [5.41, 5.74) is 3.58. The van der Waals surface area contributed by atoms with Crippen LogP contribution in [0, 0.1) is 0 Å². The zero-order valence-corrected chi connectivity index (χ0v) is 14.5. The summed E-state index contributed by atoms with van der Waals surface area (Å²) in [5, 5.41) is 13.1. The molecule has 0 fully saturated rings. The lowest BCUT2D eigenvalue weighted by atomic mass is 9.72. The van der Waals surface area contributed by atoms with Gasteiger partial charge in [-0.2, -0.15) is 0 Å². The summed E-state index contributed by atoms with van der Waals surface area (Å²) < 4.78 is 0. The number of fused-ring (bicyclic) bond motifs is 2. The van der Waals surface area contributed by atoms with Gasteiger partial charge in [0.25, 0.3) is 0 Å². The third-order valence-corrected chi connectivity index (χ3v) is 5.49. The molecule has 0 bridgehead atoms. The summed E-state index contributed by atoms with van der Waals surface area (Å²) in [4.78, 5) is 0. The molecule has 0 atom stereocenters. The van der Waals surface area contributed by atoms with E-state index in [0.717, 1.165) is 27.8 Å². The van der Waals surface area contributed by atoms with Gasteiger partial charge in [0.1, 0.15) is 5.60 Å². The quantitative estimate of drug-likeness (QED) is 0.655. The van der Waals surface area contributed by atoms with E-state index in [1.165, 1.54) is 0 Å². The van der Waals surface area contributed by atoms with Crippen molar-refractivity contribution in [1.29, 1.82) is 0 Å². The molecule has 0 unspecified atom stereocenters. The van der Waals surface area contributed by atoms with Gasteiger partial charge in [-0.1, -0.05) is 77.8 Å². The minimum atomic E-state index is -1.14. The van der Waals surface area contributed by atoms with Crippen molar-refractivity contribution in [3.05, 3.63) is 105 Å². The van der Waals surface area contributed by atoms with E-state index in [1.807, 2.05) is 66.7 Å². The van der Waals surface area contributed by atoms with E-state index in [2.05, 4.69) is 0 Å². The van der Waals surface area contributed by atoms with Crippen molar-refractivity contribution >= 4 is 23.2 Å². The average Bonchev–Trinajstić information content (AvgIpc) is 2.58. The Balaban J connectivity index is 1.96. The van der Waals surface area contributed by atoms with Crippen LogP contribution in [-0.4, -0.2) is 5.11 Å². The molecular weight excluding hydrogens is 339 g/mol. The van der Waals surface area contributed by atoms with Gasteiger partial charge in [-0.3, -0.25) is 0 Å². The molecule has 3 aromatic carbocycles. The van der Waals surface area contributed by atoms with Crippen molar-refractivity contribution in [2.24, 2.45) is 0 Å². The van der Waals surface area contributed by atoms with Crippen LogP contribution in [0.5, 0.6) is 0 Å². The van der Waals surface area contributed by atoms with Crippen molar-refractivity contribution in [3.8, 4) is 0 Å². The fraction of sp³-hybridized carbons (Fsp3) is 0.143. The smallest absolute Gasteiger partial charge is 0.119 e. The first kappa shape index (κ1) is 15.7. The lowest BCUT2D eigenvalue weighted by molar-refractivity contribution is 0.0770. The summed E-state index contributed by atoms with van der Waals surface area (Å²) in [6.07, 6.45) is 1.12. The van der Waals surface area contributed by atoms with E-state index in [9.17, 15) is 5.11 Å². The van der Waals surface area contributed by atoms with Crippen molar-refractivity contribution in [1.82, 2.24) is 0 Å². The van der Waals surface area contributed by atoms with Crippen molar-refractivity contribution in [2.75, 3.05) is 0 Å². The molecule has 0 spiro atoms. The highest BCUT2D eigenvalue weighted by Gasteiger charge is 2.40. The molecule has 0 saturated heterocycles. The molecule has 1 aliphatic rings. The number of rotatable bonds is 2. The first-order chi connectivity index (χ1) is 11.6. The molecule has 4 rings (SSSR count). The van der Waals surface area contributed by atoms with Gasteiger partial charge in [0.15, 0.2) is 0 Å². The van der Waals surface area contributed by atoms with Crippen molar-refractivity contribution in [3.63, 3.8) is 0 Å². The topological polar surface area (TPSA) is 20.2 Å². The molecule has 120 valence electrons. The molecule has 1 N–H and O–H groups in total. The Bertz CT molecular complexity index is 851. The van der Waals surface area contributed by atoms with Crippen LogP contribution in [0.25, 0.3) is 0 Å². The fourth-order valence-electron chi connectivity index (χ4n) is 3.66. The predicted octanol–water partition coefficient (Wildman–Crippen LogP) is 5.38. The number of hydrogen-bond donors (Lipinski definition) is 1. The second kappa shape index (κ2) is 5.93. The Labute approximate surface area is 151 Å². The third kappa shape index (κ3) is 2.44. The highest BCUT2D eigenvalue weighted by Crippen LogP contribution is 2.45. The van der Waals surface area contributed by atoms with Crippen molar-refractivity contribution in [2.45, 2.75) is 18.4 Å². The summed E-state index contributed by atoms with van der Waals surface area (Å²) in [5.74, 6) is 0. The highest BCUT2D eigenvalue weighted by atomic mass is 35.5. The molecule has 0 heterocycles. The van der Waals surface area contributed by atoms with Gasteiger partial charge in [-0.05, 0) is 39.9 Å². The van der Waals surface area contributed by atoms with E-state index in [-0.39, 0.29) is 0 Å². The largest absolute Gasteiger partial charge is 0.380 e. The minimum absolute atomic E-state index is 0.481. The van der Waals surface area contributed by atoms with Crippen LogP contribution in [-0.2, 0) is 18.4 Å². The number of halogens is 2. The second-order valence-corrected chi connectivity index (χ2v) is 7.05. The highest BCUT2D eigenvalue weighted by molar-refractivity contribution is 6.32. The third-order valence-electron chi connectivity index (χ3n) is 4.79. The SMILES string of the molecule is OC1(Cc2ccccc2)c2cccc(Cl)c2Cc2c(Cl)cccc21. The van der Waals surface area contributed by atoms with Gasteiger partial charge < -0.3 is 5.11 Å². The van der Waals surface area contributed by atoms with Gasteiger partial charge in [-0.25, -0.2) is 0 Å². The monoisotopic (exact) mass is 354 g/mol. The maximum absolute atomic E-state index is 11.8. The second-order valence-electron chi connectivity index (χ2n) is 6.23. The molecule has 1 aliphatic carbocycles. The molecule has 3 aromatic rings. The van der Waals surface area contributed by atoms with Gasteiger partial charge in [0.05, 0.1) is 0 Å². The van der Waals surface area contributed by atoms with Gasteiger partial charge >= 0.3 is 0 Å². The Morgan fingerprint density at radius 1 is 0.750 bits per heavy atom. The van der Waals surface area contributed by atoms with Crippen LogP contribution in [0.3, 0.4) is 0 Å². The van der Waals surface area contributed by atoms with E-state index in [0.29, 0.717) is 22.9 Å². The first-order valence-corrected chi connectivity index (χ1v) is 8.67. The standard InChI is InChI=1S/C21H16Cl2O/c22-19-10-4-8-17-15(19)12-16-18(9-5-11-20(16)23)21(17,24)13-14-6-2-1-3-7-14/h1-11,24H,12-13H2. The van der Waals surface area contributed by atoms with Crippen LogP contribution in [0.2, 0.25) is 10.0 Å². The van der Waals surface area contributed by atoms with Crippen LogP contribution >= 0.6 is 23.2 Å². The molecule has 0 radical (unpaired) electrons. The first-order valence-electron chi connectivity index (χ1n) is 7.91. The summed E-state index contributed by atoms with van der Waals surface area (Å²) in [6, 6.07) is 21.5. The van der Waals surface area contributed by atoms with Crippen LogP contribution in [0.1, 0.15) is 27.8 Å². The fourth-order valence-corrected chi connectivity index (χ4v) is 4.14. The molecule has 0 amide bonds. The maximum Gasteiger partial charge on any atom is 0.119 e. The zero-order chi connectivity index (χ0) is 16.7. The maximum atomic E-state index is 11.8. The van der Waals surface area contributed by atoms with Gasteiger partial charge in [0, 0.05) is 22.9 Å². The molecule has 1 nitrogen and oxygen atoms in total. The van der Waals surface area contributed by atoms with E-state index in [1.54, 1.807) is 0 Å². The Morgan fingerprint density at radius 2 is 1.29 bits per heavy atom. The summed E-state index contributed by atoms with van der Waals surface area (Å²) in [6.45, 7) is 0. The normalized spacial score (nSPS) is 14.8. The molecule has 24 heavy (non-hydrogen) atoms. The molecule has 3 heteroatoms. The Morgan fingerprint density at radius 3 is 1.83 bits per heavy atom. The molecule has 0 aliphatic heterocycles. The Hall–Kier alpha value is -1.80. The van der Waals surface area contributed by atoms with Gasteiger partial charge in [0.2, 0.25) is 0 Å². The average molecular weight is 355 g/mol. The lowest BCUT2D eigenvalue weighted by Crippen LogP contribution is -2.35. The summed E-state index contributed by atoms with van der Waals surface area (Å²) in [7, 11) is 0. The number of benzene rings is 3. The van der Waals surface area contributed by atoms with Gasteiger partial charge in [-0.15, -0.1) is 0 Å². The van der Waals surface area contributed by atoms with E-state index in [4.69, 9.17) is 23.2 Å². The van der Waals surface area contributed by atoms with Crippen LogP contribution in [0.15, 0.2) is 66.7 Å². The molecule has 0 aromatic heterocycles. The van der Waals surface area contributed by atoms with Crippen molar-refractivity contribution < 1.29 is 5.11 Å². The zero-order valence-electron chi connectivity index (χ0n) is 13.0. The van der Waals surface area contributed by atoms with Crippen LogP contribution < -0.4 is 0 Å². The van der Waals surface area contributed by atoms with E-state index >= 15 is 0 Å².